The van der Waals surface area contributed by atoms with E-state index in [1.807, 2.05) is 24.3 Å². The van der Waals surface area contributed by atoms with Crippen LogP contribution in [0.15, 0.2) is 74.1 Å². The van der Waals surface area contributed by atoms with Gasteiger partial charge >= 0.3 is 0 Å². The average molecular weight is 415 g/mol. The van der Waals surface area contributed by atoms with E-state index in [0.717, 1.165) is 10.2 Å². The Labute approximate surface area is 156 Å². The Kier molecular flexibility index (Phi) is 4.53. The van der Waals surface area contributed by atoms with Crippen molar-refractivity contribution in [2.75, 3.05) is 0 Å². The van der Waals surface area contributed by atoms with Gasteiger partial charge in [-0.1, -0.05) is 21.1 Å². The Morgan fingerprint density at radius 1 is 0.962 bits per heavy atom. The van der Waals surface area contributed by atoms with Crippen LogP contribution in [0.1, 0.15) is 5.76 Å². The number of benzene rings is 2. The van der Waals surface area contributed by atoms with Crippen LogP contribution in [0.2, 0.25) is 0 Å². The van der Waals surface area contributed by atoms with Gasteiger partial charge in [0.05, 0.1) is 0 Å². The predicted molar refractivity (Wildman–Crippen MR) is 95.9 cm³/mol. The Bertz CT molecular complexity index is 1010. The molecule has 2 aromatic heterocycles. The van der Waals surface area contributed by atoms with Crippen molar-refractivity contribution in [1.29, 1.82) is 0 Å². The smallest absolute Gasteiger partial charge is 0.293 e. The number of rotatable bonds is 5. The Morgan fingerprint density at radius 2 is 1.73 bits per heavy atom. The largest absolute Gasteiger partial charge is 0.486 e. The monoisotopic (exact) mass is 414 g/mol. The third-order valence-corrected chi connectivity index (χ3v) is 4.12. The number of ether oxygens (including phenoxy) is 1. The maximum absolute atomic E-state index is 13.0. The molecule has 0 saturated heterocycles. The van der Waals surface area contributed by atoms with Gasteiger partial charge < -0.3 is 13.7 Å². The van der Waals surface area contributed by atoms with Gasteiger partial charge in [0.25, 0.3) is 5.89 Å². The second-order valence-corrected chi connectivity index (χ2v) is 6.35. The van der Waals surface area contributed by atoms with Crippen molar-refractivity contribution >= 4 is 15.9 Å². The van der Waals surface area contributed by atoms with Gasteiger partial charge in [-0.2, -0.15) is 4.98 Å². The zero-order valence-corrected chi connectivity index (χ0v) is 14.9. The van der Waals surface area contributed by atoms with Crippen molar-refractivity contribution in [2.45, 2.75) is 6.61 Å². The third kappa shape index (κ3) is 3.67. The molecule has 0 spiro atoms. The van der Waals surface area contributed by atoms with Gasteiger partial charge in [0.2, 0.25) is 5.82 Å². The van der Waals surface area contributed by atoms with E-state index in [9.17, 15) is 4.39 Å². The van der Waals surface area contributed by atoms with Gasteiger partial charge in [-0.05, 0) is 60.7 Å². The summed E-state index contributed by atoms with van der Waals surface area (Å²) < 4.78 is 30.6. The molecule has 0 aliphatic heterocycles. The molecule has 2 aromatic carbocycles. The molecular weight excluding hydrogens is 403 g/mol. The van der Waals surface area contributed by atoms with Crippen LogP contribution in [0.4, 0.5) is 4.39 Å². The molecule has 2 heterocycles. The molecule has 0 aliphatic carbocycles. The van der Waals surface area contributed by atoms with E-state index >= 15 is 0 Å². The van der Waals surface area contributed by atoms with E-state index in [0.29, 0.717) is 22.9 Å². The predicted octanol–water partition coefficient (Wildman–Crippen LogP) is 5.48. The number of furan rings is 1. The zero-order chi connectivity index (χ0) is 17.9. The van der Waals surface area contributed by atoms with Crippen molar-refractivity contribution in [3.8, 4) is 28.8 Å². The van der Waals surface area contributed by atoms with E-state index in [4.69, 9.17) is 13.7 Å². The summed E-state index contributed by atoms with van der Waals surface area (Å²) in [7, 11) is 0. The zero-order valence-electron chi connectivity index (χ0n) is 13.4. The van der Waals surface area contributed by atoms with Gasteiger partial charge in [0, 0.05) is 10.0 Å². The second-order valence-electron chi connectivity index (χ2n) is 5.44. The number of hydrogen-bond donors (Lipinski definition) is 0. The second kappa shape index (κ2) is 7.13. The van der Waals surface area contributed by atoms with Crippen LogP contribution in [0, 0.1) is 5.82 Å². The minimum Gasteiger partial charge on any atom is -0.486 e. The fraction of sp³-hybridized carbons (Fsp3) is 0.0526. The quantitative estimate of drug-likeness (QED) is 0.432. The van der Waals surface area contributed by atoms with Crippen LogP contribution in [0.25, 0.3) is 23.0 Å². The van der Waals surface area contributed by atoms with Crippen LogP contribution in [0.3, 0.4) is 0 Å². The highest BCUT2D eigenvalue weighted by Crippen LogP contribution is 2.25. The van der Waals surface area contributed by atoms with Gasteiger partial charge in [-0.3, -0.25) is 0 Å². The van der Waals surface area contributed by atoms with Crippen molar-refractivity contribution in [3.63, 3.8) is 0 Å². The lowest BCUT2D eigenvalue weighted by molar-refractivity contribution is 0.270. The van der Waals surface area contributed by atoms with Gasteiger partial charge in [-0.25, -0.2) is 4.39 Å². The first-order valence-corrected chi connectivity index (χ1v) is 8.54. The summed E-state index contributed by atoms with van der Waals surface area (Å²) in [5, 5.41) is 3.90. The molecule has 0 radical (unpaired) electrons. The van der Waals surface area contributed by atoms with Crippen molar-refractivity contribution in [3.05, 3.63) is 76.7 Å². The molecule has 7 heteroatoms. The Morgan fingerprint density at radius 3 is 2.50 bits per heavy atom. The maximum Gasteiger partial charge on any atom is 0.293 e. The molecular formula is C19H12BrFN2O3. The minimum absolute atomic E-state index is 0.249. The van der Waals surface area contributed by atoms with Crippen molar-refractivity contribution < 1.29 is 18.1 Å². The summed E-state index contributed by atoms with van der Waals surface area (Å²) in [5.41, 5.74) is 0.659. The molecule has 4 aromatic rings. The molecule has 0 N–H and O–H groups in total. The molecule has 0 fully saturated rings. The van der Waals surface area contributed by atoms with Crippen LogP contribution in [0.5, 0.6) is 5.75 Å². The molecule has 0 aliphatic rings. The molecule has 0 saturated carbocycles. The van der Waals surface area contributed by atoms with Crippen LogP contribution in [-0.2, 0) is 6.61 Å². The first-order valence-electron chi connectivity index (χ1n) is 7.74. The fourth-order valence-electron chi connectivity index (χ4n) is 2.30. The highest BCUT2D eigenvalue weighted by molar-refractivity contribution is 9.10. The SMILES string of the molecule is Fc1ccc(-c2noc(-c3ccc(COc4ccc(Br)cc4)o3)n2)cc1. The standard InChI is InChI=1S/C19H12BrFN2O3/c20-13-3-7-15(8-4-13)24-11-16-9-10-17(25-16)19-22-18(23-26-19)12-1-5-14(21)6-2-12/h1-10H,11H2. The number of aromatic nitrogens is 2. The summed E-state index contributed by atoms with van der Waals surface area (Å²) in [6.07, 6.45) is 0. The number of nitrogens with zero attached hydrogens (tertiary/aromatic N) is 2. The number of halogens is 2. The summed E-state index contributed by atoms with van der Waals surface area (Å²) in [4.78, 5) is 4.28. The van der Waals surface area contributed by atoms with E-state index in [2.05, 4.69) is 26.1 Å². The molecule has 5 nitrogen and oxygen atoms in total. The lowest BCUT2D eigenvalue weighted by Gasteiger charge is -2.03. The van der Waals surface area contributed by atoms with Crippen molar-refractivity contribution in [1.82, 2.24) is 10.1 Å². The van der Waals surface area contributed by atoms with Crippen LogP contribution < -0.4 is 4.74 Å². The lowest BCUT2D eigenvalue weighted by atomic mass is 10.2. The Hall–Kier alpha value is -2.93. The lowest BCUT2D eigenvalue weighted by Crippen LogP contribution is -1.93. The summed E-state index contributed by atoms with van der Waals surface area (Å²) in [6, 6.07) is 16.9. The van der Waals surface area contributed by atoms with Crippen LogP contribution >= 0.6 is 15.9 Å². The van der Waals surface area contributed by atoms with Gasteiger partial charge in [-0.15, -0.1) is 0 Å². The average Bonchev–Trinajstić information content (AvgIpc) is 3.31. The molecule has 0 atom stereocenters. The first kappa shape index (κ1) is 16.5. The number of hydrogen-bond acceptors (Lipinski definition) is 5. The van der Waals surface area contributed by atoms with E-state index in [1.54, 1.807) is 24.3 Å². The fourth-order valence-corrected chi connectivity index (χ4v) is 2.56. The van der Waals surface area contributed by atoms with E-state index in [-0.39, 0.29) is 18.3 Å². The summed E-state index contributed by atoms with van der Waals surface area (Å²) in [6.45, 7) is 0.278. The van der Waals surface area contributed by atoms with Gasteiger partial charge in [0.1, 0.15) is 23.9 Å². The van der Waals surface area contributed by atoms with E-state index < -0.39 is 0 Å². The molecule has 0 amide bonds. The molecule has 26 heavy (non-hydrogen) atoms. The summed E-state index contributed by atoms with van der Waals surface area (Å²) >= 11 is 3.38. The van der Waals surface area contributed by atoms with Gasteiger partial charge in [0.15, 0.2) is 5.76 Å². The highest BCUT2D eigenvalue weighted by atomic mass is 79.9. The summed E-state index contributed by atoms with van der Waals surface area (Å²) in [5.74, 6) is 2.11. The third-order valence-electron chi connectivity index (χ3n) is 3.60. The molecule has 0 bridgehead atoms. The molecule has 4 rings (SSSR count). The van der Waals surface area contributed by atoms with Crippen LogP contribution in [-0.4, -0.2) is 10.1 Å². The normalized spacial score (nSPS) is 10.8. The Balaban J connectivity index is 1.46. The topological polar surface area (TPSA) is 61.3 Å². The molecule has 130 valence electrons. The minimum atomic E-state index is -0.320. The first-order chi connectivity index (χ1) is 12.7. The molecule has 0 unspecified atom stereocenters. The maximum atomic E-state index is 13.0. The highest BCUT2D eigenvalue weighted by Gasteiger charge is 2.14. The van der Waals surface area contributed by atoms with E-state index in [1.165, 1.54) is 12.1 Å². The van der Waals surface area contributed by atoms with Crippen molar-refractivity contribution in [2.24, 2.45) is 0 Å².